The van der Waals surface area contributed by atoms with Crippen molar-refractivity contribution in [3.63, 3.8) is 0 Å². The van der Waals surface area contributed by atoms with Crippen LogP contribution in [-0.2, 0) is 14.3 Å². The highest BCUT2D eigenvalue weighted by atomic mass is 16.5. The second-order valence-corrected chi connectivity index (χ2v) is 6.23. The van der Waals surface area contributed by atoms with Crippen molar-refractivity contribution in [2.24, 2.45) is 0 Å². The lowest BCUT2D eigenvalue weighted by atomic mass is 10.1. The van der Waals surface area contributed by atoms with Gasteiger partial charge in [-0.05, 0) is 19.3 Å². The van der Waals surface area contributed by atoms with Gasteiger partial charge in [0.15, 0.2) is 0 Å². The fourth-order valence-corrected chi connectivity index (χ4v) is 3.48. The molecule has 3 fully saturated rings. The number of rotatable bonds is 3. The molecule has 1 unspecified atom stereocenters. The lowest BCUT2D eigenvalue weighted by molar-refractivity contribution is -0.143. The zero-order valence-corrected chi connectivity index (χ0v) is 12.6. The van der Waals surface area contributed by atoms with Crippen LogP contribution >= 0.6 is 0 Å². The van der Waals surface area contributed by atoms with E-state index >= 15 is 0 Å². The maximum absolute atomic E-state index is 12.3. The lowest BCUT2D eigenvalue weighted by Crippen LogP contribution is -2.53. The molecule has 6 nitrogen and oxygen atoms in total. The van der Waals surface area contributed by atoms with Crippen LogP contribution in [0.2, 0.25) is 0 Å². The molecule has 0 saturated carbocycles. The second kappa shape index (κ2) is 6.75. The topological polar surface area (TPSA) is 53.1 Å². The van der Waals surface area contributed by atoms with Crippen molar-refractivity contribution in [2.45, 2.75) is 31.7 Å². The minimum Gasteiger partial charge on any atom is -0.464 e. The number of likely N-dealkylation sites (tertiary alicyclic amines) is 1. The quantitative estimate of drug-likeness (QED) is 0.682. The van der Waals surface area contributed by atoms with Crippen molar-refractivity contribution in [3.8, 4) is 0 Å². The molecule has 0 aromatic carbocycles. The summed E-state index contributed by atoms with van der Waals surface area (Å²) in [6.45, 7) is 6.37. The van der Waals surface area contributed by atoms with E-state index in [1.807, 2.05) is 4.90 Å². The van der Waals surface area contributed by atoms with E-state index in [1.165, 1.54) is 6.42 Å². The highest BCUT2D eigenvalue weighted by Gasteiger charge is 2.34. The zero-order valence-electron chi connectivity index (χ0n) is 12.6. The number of amides is 1. The molecule has 0 aromatic heterocycles. The number of hydrogen-bond acceptors (Lipinski definition) is 5. The van der Waals surface area contributed by atoms with Gasteiger partial charge in [-0.15, -0.1) is 0 Å². The highest BCUT2D eigenvalue weighted by molar-refractivity contribution is 5.78. The number of ether oxygens (including phenoxy) is 1. The summed E-state index contributed by atoms with van der Waals surface area (Å²) in [5.74, 6) is 0.191. The van der Waals surface area contributed by atoms with Crippen molar-refractivity contribution in [1.82, 2.24) is 14.7 Å². The molecule has 118 valence electrons. The van der Waals surface area contributed by atoms with Gasteiger partial charge in [0.1, 0.15) is 6.04 Å². The van der Waals surface area contributed by atoms with Crippen LogP contribution in [0.1, 0.15) is 25.7 Å². The Labute approximate surface area is 126 Å². The summed E-state index contributed by atoms with van der Waals surface area (Å²) in [6.07, 6.45) is 4.35. The first-order valence-corrected chi connectivity index (χ1v) is 8.15. The van der Waals surface area contributed by atoms with Gasteiger partial charge in [-0.1, -0.05) is 0 Å². The number of hydrogen-bond donors (Lipinski definition) is 0. The molecule has 1 amide bonds. The Hall–Kier alpha value is -1.14. The standard InChI is InChI=1S/C15H25N3O3/c19-14(18-5-2-1-3-6-18)12-16-7-9-17(10-8-16)13-4-11-21-15(13)20/h13H,1-12H2. The number of cyclic esters (lactones) is 1. The van der Waals surface area contributed by atoms with Crippen LogP contribution in [0.4, 0.5) is 0 Å². The summed E-state index contributed by atoms with van der Waals surface area (Å²) >= 11 is 0. The minimum absolute atomic E-state index is 0.0510. The third-order valence-corrected chi connectivity index (χ3v) is 4.82. The molecule has 3 heterocycles. The van der Waals surface area contributed by atoms with Gasteiger partial charge < -0.3 is 9.64 Å². The number of piperazine rings is 1. The van der Waals surface area contributed by atoms with E-state index in [9.17, 15) is 9.59 Å². The van der Waals surface area contributed by atoms with Gasteiger partial charge in [0.25, 0.3) is 0 Å². The minimum atomic E-state index is -0.0761. The molecule has 3 rings (SSSR count). The first kappa shape index (κ1) is 14.8. The third-order valence-electron chi connectivity index (χ3n) is 4.82. The molecular formula is C15H25N3O3. The number of piperidine rings is 1. The van der Waals surface area contributed by atoms with Crippen molar-refractivity contribution in [2.75, 3.05) is 52.4 Å². The van der Waals surface area contributed by atoms with Crippen LogP contribution in [0.3, 0.4) is 0 Å². The van der Waals surface area contributed by atoms with Gasteiger partial charge >= 0.3 is 5.97 Å². The summed E-state index contributed by atoms with van der Waals surface area (Å²) in [5.41, 5.74) is 0. The van der Waals surface area contributed by atoms with Crippen LogP contribution in [0, 0.1) is 0 Å². The molecular weight excluding hydrogens is 270 g/mol. The van der Waals surface area contributed by atoms with Gasteiger partial charge in [-0.25, -0.2) is 0 Å². The molecule has 3 aliphatic heterocycles. The van der Waals surface area contributed by atoms with Crippen LogP contribution in [0.5, 0.6) is 0 Å². The van der Waals surface area contributed by atoms with Gasteiger partial charge in [0.05, 0.1) is 13.2 Å². The summed E-state index contributed by atoms with van der Waals surface area (Å²) in [7, 11) is 0. The molecule has 1 atom stereocenters. The van der Waals surface area contributed by atoms with Crippen LogP contribution < -0.4 is 0 Å². The second-order valence-electron chi connectivity index (χ2n) is 6.23. The average molecular weight is 295 g/mol. The fourth-order valence-electron chi connectivity index (χ4n) is 3.48. The zero-order chi connectivity index (χ0) is 14.7. The molecule has 3 aliphatic rings. The average Bonchev–Trinajstić information content (AvgIpc) is 2.95. The maximum Gasteiger partial charge on any atom is 0.323 e. The maximum atomic E-state index is 12.3. The Bertz CT molecular complexity index is 388. The van der Waals surface area contributed by atoms with Gasteiger partial charge in [0.2, 0.25) is 5.91 Å². The van der Waals surface area contributed by atoms with E-state index in [4.69, 9.17) is 4.74 Å². The molecule has 0 spiro atoms. The molecule has 0 aromatic rings. The summed E-state index contributed by atoms with van der Waals surface area (Å²) in [4.78, 5) is 30.3. The van der Waals surface area contributed by atoms with Crippen LogP contribution in [-0.4, -0.2) is 85.0 Å². The van der Waals surface area contributed by atoms with E-state index in [2.05, 4.69) is 9.80 Å². The fraction of sp³-hybridized carbons (Fsp3) is 0.867. The molecule has 3 saturated heterocycles. The molecule has 6 heteroatoms. The molecule has 0 radical (unpaired) electrons. The predicted octanol–water partition coefficient (Wildman–Crippen LogP) is -0.0680. The van der Waals surface area contributed by atoms with Gasteiger partial charge in [-0.3, -0.25) is 19.4 Å². The van der Waals surface area contributed by atoms with Crippen molar-refractivity contribution < 1.29 is 14.3 Å². The normalized spacial score (nSPS) is 28.7. The summed E-state index contributed by atoms with van der Waals surface area (Å²) in [5, 5.41) is 0. The number of nitrogens with zero attached hydrogens (tertiary/aromatic N) is 3. The Morgan fingerprint density at radius 3 is 2.38 bits per heavy atom. The number of carbonyl (C=O) groups excluding carboxylic acids is 2. The summed E-state index contributed by atoms with van der Waals surface area (Å²) < 4.78 is 5.03. The van der Waals surface area contributed by atoms with Crippen molar-refractivity contribution in [1.29, 1.82) is 0 Å². The predicted molar refractivity (Wildman–Crippen MR) is 77.8 cm³/mol. The van der Waals surface area contributed by atoms with Crippen LogP contribution in [0.15, 0.2) is 0 Å². The smallest absolute Gasteiger partial charge is 0.323 e. The molecule has 0 bridgehead atoms. The first-order chi connectivity index (χ1) is 10.2. The van der Waals surface area contributed by atoms with E-state index in [1.54, 1.807) is 0 Å². The number of carbonyl (C=O) groups is 2. The van der Waals surface area contributed by atoms with Gasteiger partial charge in [-0.2, -0.15) is 0 Å². The van der Waals surface area contributed by atoms with E-state index in [-0.39, 0.29) is 17.9 Å². The first-order valence-electron chi connectivity index (χ1n) is 8.15. The Morgan fingerprint density at radius 2 is 1.76 bits per heavy atom. The largest absolute Gasteiger partial charge is 0.464 e. The van der Waals surface area contributed by atoms with E-state index in [0.717, 1.165) is 58.5 Å². The number of esters is 1. The van der Waals surface area contributed by atoms with Crippen molar-refractivity contribution in [3.05, 3.63) is 0 Å². The van der Waals surface area contributed by atoms with E-state index < -0.39 is 0 Å². The molecule has 21 heavy (non-hydrogen) atoms. The molecule has 0 aliphatic carbocycles. The molecule has 0 N–H and O–H groups in total. The Balaban J connectivity index is 1.43. The monoisotopic (exact) mass is 295 g/mol. The van der Waals surface area contributed by atoms with Crippen molar-refractivity contribution >= 4 is 11.9 Å². The Morgan fingerprint density at radius 1 is 1.05 bits per heavy atom. The lowest BCUT2D eigenvalue weighted by Gasteiger charge is -2.37. The van der Waals surface area contributed by atoms with E-state index in [0.29, 0.717) is 13.2 Å². The Kier molecular flexibility index (Phi) is 4.75. The summed E-state index contributed by atoms with van der Waals surface area (Å²) in [6, 6.07) is -0.0510. The highest BCUT2D eigenvalue weighted by Crippen LogP contribution is 2.16. The SMILES string of the molecule is O=C1OCCC1N1CCN(CC(=O)N2CCCCC2)CC1. The van der Waals surface area contributed by atoms with Crippen LogP contribution in [0.25, 0.3) is 0 Å². The third kappa shape index (κ3) is 3.55. The van der Waals surface area contributed by atoms with Gasteiger partial charge in [0, 0.05) is 45.7 Å².